The molecule has 0 rings (SSSR count). The average molecular weight is 208 g/mol. The molecule has 0 saturated carbocycles. The van der Waals surface area contributed by atoms with Crippen molar-refractivity contribution in [1.29, 1.82) is 0 Å². The maximum Gasteiger partial charge on any atom is 0.306 e. The van der Waals surface area contributed by atoms with Gasteiger partial charge in [0.15, 0.2) is 7.37 Å². The van der Waals surface area contributed by atoms with Crippen molar-refractivity contribution in [3.05, 3.63) is 0 Å². The molecule has 1 unspecified atom stereocenters. The third kappa shape index (κ3) is 9.57. The van der Waals surface area contributed by atoms with Crippen molar-refractivity contribution in [1.82, 2.24) is 0 Å². The third-order valence-electron chi connectivity index (χ3n) is 1.49. The molecule has 0 saturated heterocycles. The van der Waals surface area contributed by atoms with Crippen LogP contribution in [-0.2, 0) is 14.1 Å². The van der Waals surface area contributed by atoms with Crippen LogP contribution in [0, 0.1) is 0 Å². The molecule has 0 amide bonds. The van der Waals surface area contributed by atoms with Gasteiger partial charge in [-0.2, -0.15) is 0 Å². The minimum atomic E-state index is -3.06. The highest BCUT2D eigenvalue weighted by Crippen LogP contribution is 2.35. The zero-order valence-corrected chi connectivity index (χ0v) is 9.05. The van der Waals surface area contributed by atoms with E-state index in [0.29, 0.717) is 6.61 Å². The second kappa shape index (κ2) is 6.17. The highest BCUT2D eigenvalue weighted by Gasteiger charge is 2.13. The summed E-state index contributed by atoms with van der Waals surface area (Å²) in [5.74, 6) is -0.385. The molecule has 0 heterocycles. The Morgan fingerprint density at radius 1 is 1.54 bits per heavy atom. The molecule has 0 aliphatic heterocycles. The van der Waals surface area contributed by atoms with E-state index in [4.69, 9.17) is 9.63 Å². The second-order valence-electron chi connectivity index (χ2n) is 3.10. The summed E-state index contributed by atoms with van der Waals surface area (Å²) in [6.07, 6.45) is 1.86. The SMILES string of the molecule is CCCCOC(=O)CCP(C)(=O)O. The number of carbonyl (C=O) groups excluding carboxylic acids is 1. The van der Waals surface area contributed by atoms with Crippen LogP contribution in [0.5, 0.6) is 0 Å². The van der Waals surface area contributed by atoms with Crippen LogP contribution in [0.15, 0.2) is 0 Å². The van der Waals surface area contributed by atoms with E-state index in [0.717, 1.165) is 12.8 Å². The summed E-state index contributed by atoms with van der Waals surface area (Å²) in [4.78, 5) is 19.8. The molecule has 13 heavy (non-hydrogen) atoms. The molecule has 0 bridgehead atoms. The predicted octanol–water partition coefficient (Wildman–Crippen LogP) is 1.62. The van der Waals surface area contributed by atoms with Crippen molar-refractivity contribution < 1.29 is 19.0 Å². The van der Waals surface area contributed by atoms with Crippen molar-refractivity contribution in [2.45, 2.75) is 26.2 Å². The number of hydrogen-bond acceptors (Lipinski definition) is 3. The number of rotatable bonds is 6. The highest BCUT2D eigenvalue weighted by molar-refractivity contribution is 7.57. The number of ether oxygens (including phenoxy) is 1. The van der Waals surface area contributed by atoms with Crippen molar-refractivity contribution in [3.63, 3.8) is 0 Å². The van der Waals surface area contributed by atoms with E-state index in [2.05, 4.69) is 0 Å². The number of hydrogen-bond donors (Lipinski definition) is 1. The van der Waals surface area contributed by atoms with Crippen LogP contribution in [0.3, 0.4) is 0 Å². The summed E-state index contributed by atoms with van der Waals surface area (Å²) in [6.45, 7) is 3.66. The molecule has 78 valence electrons. The average Bonchev–Trinajstić information content (AvgIpc) is 2.00. The maximum atomic E-state index is 10.9. The van der Waals surface area contributed by atoms with E-state index in [9.17, 15) is 9.36 Å². The van der Waals surface area contributed by atoms with Gasteiger partial charge in [0.05, 0.1) is 13.0 Å². The van der Waals surface area contributed by atoms with E-state index in [-0.39, 0.29) is 18.6 Å². The van der Waals surface area contributed by atoms with Crippen LogP contribution in [0.25, 0.3) is 0 Å². The standard InChI is InChI=1S/C8H17O4P/c1-3-4-6-12-8(9)5-7-13(2,10)11/h3-7H2,1-2H3,(H,10,11). The first-order valence-electron chi connectivity index (χ1n) is 4.40. The second-order valence-corrected chi connectivity index (χ2v) is 5.65. The minimum absolute atomic E-state index is 0.0119. The topological polar surface area (TPSA) is 63.6 Å². The Hall–Kier alpha value is -0.340. The normalized spacial score (nSPS) is 15.0. The fourth-order valence-electron chi connectivity index (χ4n) is 0.701. The molecule has 0 aliphatic rings. The zero-order chi connectivity index (χ0) is 10.3. The summed E-state index contributed by atoms with van der Waals surface area (Å²) in [6, 6.07) is 0. The quantitative estimate of drug-likeness (QED) is 0.409. The summed E-state index contributed by atoms with van der Waals surface area (Å²) in [7, 11) is -3.06. The van der Waals surface area contributed by atoms with E-state index in [1.807, 2.05) is 6.92 Å². The number of esters is 1. The molecular weight excluding hydrogens is 191 g/mol. The Morgan fingerprint density at radius 2 is 2.15 bits per heavy atom. The van der Waals surface area contributed by atoms with Crippen LogP contribution < -0.4 is 0 Å². The van der Waals surface area contributed by atoms with Gasteiger partial charge >= 0.3 is 5.97 Å². The van der Waals surface area contributed by atoms with Crippen LogP contribution in [0.1, 0.15) is 26.2 Å². The van der Waals surface area contributed by atoms with Gasteiger partial charge in [-0.3, -0.25) is 9.36 Å². The first kappa shape index (κ1) is 12.7. The minimum Gasteiger partial charge on any atom is -0.466 e. The Bertz CT molecular complexity index is 196. The number of carbonyl (C=O) groups is 1. The maximum absolute atomic E-state index is 10.9. The summed E-state index contributed by atoms with van der Waals surface area (Å²) >= 11 is 0. The van der Waals surface area contributed by atoms with Crippen molar-refractivity contribution in [2.24, 2.45) is 0 Å². The van der Waals surface area contributed by atoms with E-state index in [1.165, 1.54) is 6.66 Å². The molecule has 0 aromatic heterocycles. The molecule has 0 radical (unpaired) electrons. The zero-order valence-electron chi connectivity index (χ0n) is 8.15. The van der Waals surface area contributed by atoms with Crippen molar-refractivity contribution >= 4 is 13.3 Å². The largest absolute Gasteiger partial charge is 0.466 e. The van der Waals surface area contributed by atoms with Crippen molar-refractivity contribution in [2.75, 3.05) is 19.4 Å². The molecule has 5 heteroatoms. The van der Waals surface area contributed by atoms with E-state index < -0.39 is 7.37 Å². The third-order valence-corrected chi connectivity index (χ3v) is 2.55. The van der Waals surface area contributed by atoms with Gasteiger partial charge < -0.3 is 9.63 Å². The lowest BCUT2D eigenvalue weighted by molar-refractivity contribution is -0.143. The lowest BCUT2D eigenvalue weighted by atomic mass is 10.4. The first-order chi connectivity index (χ1) is 5.95. The molecule has 0 spiro atoms. The van der Waals surface area contributed by atoms with Crippen LogP contribution in [0.4, 0.5) is 0 Å². The van der Waals surface area contributed by atoms with Crippen LogP contribution in [0.2, 0.25) is 0 Å². The Kier molecular flexibility index (Phi) is 6.00. The lowest BCUT2D eigenvalue weighted by Gasteiger charge is -2.05. The first-order valence-corrected chi connectivity index (χ1v) is 6.70. The fourth-order valence-corrected chi connectivity index (χ4v) is 1.30. The van der Waals surface area contributed by atoms with E-state index in [1.54, 1.807) is 0 Å². The van der Waals surface area contributed by atoms with Gasteiger partial charge in [0.1, 0.15) is 0 Å². The Morgan fingerprint density at radius 3 is 2.62 bits per heavy atom. The van der Waals surface area contributed by atoms with Crippen LogP contribution in [-0.4, -0.2) is 30.3 Å². The molecule has 0 aromatic rings. The summed E-state index contributed by atoms with van der Waals surface area (Å²) < 4.78 is 15.6. The van der Waals surface area contributed by atoms with Gasteiger partial charge in [-0.05, 0) is 6.42 Å². The summed E-state index contributed by atoms with van der Waals surface area (Å²) in [5, 5.41) is 0. The smallest absolute Gasteiger partial charge is 0.306 e. The van der Waals surface area contributed by atoms with Gasteiger partial charge in [-0.25, -0.2) is 0 Å². The molecule has 0 aromatic carbocycles. The Labute approximate surface area is 78.7 Å². The van der Waals surface area contributed by atoms with Gasteiger partial charge in [0.2, 0.25) is 0 Å². The summed E-state index contributed by atoms with van der Waals surface area (Å²) in [5.41, 5.74) is 0. The van der Waals surface area contributed by atoms with Gasteiger partial charge in [-0.1, -0.05) is 13.3 Å². The molecule has 1 atom stereocenters. The molecule has 1 N–H and O–H groups in total. The molecular formula is C8H17O4P. The van der Waals surface area contributed by atoms with Gasteiger partial charge in [0, 0.05) is 12.8 Å². The number of unbranched alkanes of at least 4 members (excludes halogenated alkanes) is 1. The predicted molar refractivity (Wildman–Crippen MR) is 51.1 cm³/mol. The monoisotopic (exact) mass is 208 g/mol. The molecule has 0 aliphatic carbocycles. The van der Waals surface area contributed by atoms with Crippen molar-refractivity contribution in [3.8, 4) is 0 Å². The fraction of sp³-hybridized carbons (Fsp3) is 0.875. The van der Waals surface area contributed by atoms with Crippen LogP contribution >= 0.6 is 7.37 Å². The van der Waals surface area contributed by atoms with Gasteiger partial charge in [0.25, 0.3) is 0 Å². The molecule has 0 fully saturated rings. The molecule has 4 nitrogen and oxygen atoms in total. The Balaban J connectivity index is 3.47. The van der Waals surface area contributed by atoms with Gasteiger partial charge in [-0.15, -0.1) is 0 Å². The lowest BCUT2D eigenvalue weighted by Crippen LogP contribution is -2.07. The highest BCUT2D eigenvalue weighted by atomic mass is 31.2. The van der Waals surface area contributed by atoms with E-state index >= 15 is 0 Å².